The van der Waals surface area contributed by atoms with E-state index < -0.39 is 0 Å². The largest absolute Gasteiger partial charge is 0.0697 e. The van der Waals surface area contributed by atoms with Gasteiger partial charge < -0.3 is 0 Å². The minimum Gasteiger partial charge on any atom is -0.0697 e. The fraction of sp³-hybridized carbons (Fsp3) is 0. The van der Waals surface area contributed by atoms with Gasteiger partial charge in [-0.1, -0.05) is 35.5 Å². The molecule has 0 aliphatic heterocycles. The fourth-order valence-corrected chi connectivity index (χ4v) is 0.750. The Balaban J connectivity index is 0. The minimum absolute atomic E-state index is 0. The molecule has 0 atom stereocenters. The molecule has 0 unspecified atom stereocenters. The standard InChI is InChI=1S/C6H7Si.GeH2.H3Si/c7-6-4-2-1-3-5-6;;/h1-5H,7H2;1H2;1H3. The average Bonchev–Trinajstić information content (AvgIpc) is 1.69. The van der Waals surface area contributed by atoms with Gasteiger partial charge in [-0.3, -0.25) is 0 Å². The molecule has 1 aromatic carbocycles. The molecule has 0 bridgehead atoms. The summed E-state index contributed by atoms with van der Waals surface area (Å²) in [6.07, 6.45) is 0. The Labute approximate surface area is 74.5 Å². The Morgan fingerprint density at radius 1 is 1.00 bits per heavy atom. The van der Waals surface area contributed by atoms with Gasteiger partial charge in [-0.15, -0.1) is 0 Å². The molecule has 0 saturated carbocycles. The van der Waals surface area contributed by atoms with Gasteiger partial charge in [-0.25, -0.2) is 0 Å². The average molecular weight is 213 g/mol. The molecular weight excluding hydrogens is 201 g/mol. The van der Waals surface area contributed by atoms with Gasteiger partial charge >= 0.3 is 17.6 Å². The monoisotopic (exact) mass is 214 g/mol. The van der Waals surface area contributed by atoms with E-state index in [2.05, 4.69) is 12.1 Å². The Hall–Kier alpha value is 0.197. The molecule has 1 rings (SSSR count). The molecule has 0 aliphatic rings. The molecule has 3 heteroatoms. The second kappa shape index (κ2) is 6.32. The summed E-state index contributed by atoms with van der Waals surface area (Å²) >= 11 is 0. The predicted molar refractivity (Wildman–Crippen MR) is 53.1 cm³/mol. The number of rotatable bonds is 0. The molecule has 0 saturated heterocycles. The summed E-state index contributed by atoms with van der Waals surface area (Å²) < 4.78 is 0. The quantitative estimate of drug-likeness (QED) is 0.431. The zero-order chi connectivity index (χ0) is 5.11. The number of hydrogen-bond donors (Lipinski definition) is 0. The summed E-state index contributed by atoms with van der Waals surface area (Å²) in [5.74, 6) is 0. The molecular formula is C6H12GeSi2. The Bertz CT molecular complexity index is 141. The van der Waals surface area contributed by atoms with Gasteiger partial charge in [0.2, 0.25) is 0 Å². The minimum atomic E-state index is 0. The third-order valence-electron chi connectivity index (χ3n) is 0.843. The first-order valence-corrected chi connectivity index (χ1v) is 2.97. The topological polar surface area (TPSA) is 0 Å². The molecule has 1 aromatic rings. The maximum atomic E-state index is 2.10. The molecule has 0 N–H and O–H groups in total. The fourth-order valence-electron chi connectivity index (χ4n) is 0.478. The van der Waals surface area contributed by atoms with Crippen molar-refractivity contribution in [1.29, 1.82) is 0 Å². The summed E-state index contributed by atoms with van der Waals surface area (Å²) in [7, 11) is 1.90. The van der Waals surface area contributed by atoms with Crippen LogP contribution in [0, 0.1) is 0 Å². The van der Waals surface area contributed by atoms with Crippen molar-refractivity contribution < 1.29 is 0 Å². The maximum Gasteiger partial charge on any atom is 0.0477 e. The van der Waals surface area contributed by atoms with Gasteiger partial charge in [0.25, 0.3) is 0 Å². The molecule has 4 radical (unpaired) electrons. The second-order valence-electron chi connectivity index (χ2n) is 1.49. The summed E-state index contributed by atoms with van der Waals surface area (Å²) in [5.41, 5.74) is 0. The molecule has 0 nitrogen and oxygen atoms in total. The Morgan fingerprint density at radius 2 is 1.44 bits per heavy atom. The first-order valence-electron chi connectivity index (χ1n) is 2.26. The molecule has 0 heterocycles. The Kier molecular flexibility index (Phi) is 8.38. The molecule has 0 aliphatic carbocycles. The van der Waals surface area contributed by atoms with Crippen LogP contribution in [0.4, 0.5) is 0 Å². The zero-order valence-electron chi connectivity index (χ0n) is 5.80. The van der Waals surface area contributed by atoms with E-state index >= 15 is 0 Å². The normalized spacial score (nSPS) is 6.78. The van der Waals surface area contributed by atoms with Crippen molar-refractivity contribution in [1.82, 2.24) is 0 Å². The van der Waals surface area contributed by atoms with Crippen LogP contribution in [0.2, 0.25) is 0 Å². The summed E-state index contributed by atoms with van der Waals surface area (Å²) in [6, 6.07) is 10.3. The van der Waals surface area contributed by atoms with Crippen molar-refractivity contribution in [2.45, 2.75) is 0 Å². The van der Waals surface area contributed by atoms with Crippen molar-refractivity contribution in [2.75, 3.05) is 0 Å². The molecule has 0 amide bonds. The van der Waals surface area contributed by atoms with Crippen molar-refractivity contribution >= 4 is 44.0 Å². The van der Waals surface area contributed by atoms with Gasteiger partial charge in [-0.2, -0.15) is 0 Å². The summed E-state index contributed by atoms with van der Waals surface area (Å²) in [4.78, 5) is 0. The first kappa shape index (κ1) is 11.9. The second-order valence-corrected chi connectivity index (χ2v) is 2.30. The van der Waals surface area contributed by atoms with Crippen LogP contribution in [0.15, 0.2) is 30.3 Å². The van der Waals surface area contributed by atoms with Crippen LogP contribution in [0.25, 0.3) is 0 Å². The van der Waals surface area contributed by atoms with E-state index in [1.165, 1.54) is 5.19 Å². The number of benzene rings is 1. The van der Waals surface area contributed by atoms with Crippen LogP contribution in [0.3, 0.4) is 0 Å². The Morgan fingerprint density at radius 3 is 1.67 bits per heavy atom. The third kappa shape index (κ3) is 4.68. The van der Waals surface area contributed by atoms with Crippen LogP contribution < -0.4 is 5.19 Å². The van der Waals surface area contributed by atoms with Gasteiger partial charge in [0.05, 0.1) is 0 Å². The van der Waals surface area contributed by atoms with E-state index in [1.807, 2.05) is 28.4 Å². The smallest absolute Gasteiger partial charge is 0.0477 e. The van der Waals surface area contributed by atoms with Crippen LogP contribution in [0.5, 0.6) is 0 Å². The molecule has 48 valence electrons. The van der Waals surface area contributed by atoms with Crippen molar-refractivity contribution in [3.8, 4) is 0 Å². The third-order valence-corrected chi connectivity index (χ3v) is 1.31. The maximum absolute atomic E-state index is 2.10. The van der Waals surface area contributed by atoms with Crippen LogP contribution in [-0.4, -0.2) is 38.8 Å². The van der Waals surface area contributed by atoms with Gasteiger partial charge in [0.15, 0.2) is 0 Å². The van der Waals surface area contributed by atoms with Gasteiger partial charge in [0, 0.05) is 10.2 Å². The first-order chi connectivity index (χ1) is 3.39. The number of hydrogen-bond acceptors (Lipinski definition) is 0. The van der Waals surface area contributed by atoms with E-state index in [9.17, 15) is 0 Å². The van der Waals surface area contributed by atoms with Gasteiger partial charge in [0.1, 0.15) is 0 Å². The van der Waals surface area contributed by atoms with Crippen molar-refractivity contribution in [3.05, 3.63) is 30.3 Å². The van der Waals surface area contributed by atoms with Crippen molar-refractivity contribution in [2.24, 2.45) is 0 Å². The molecule has 0 aromatic heterocycles. The summed E-state index contributed by atoms with van der Waals surface area (Å²) in [6.45, 7) is 0. The van der Waals surface area contributed by atoms with E-state index in [0.29, 0.717) is 0 Å². The van der Waals surface area contributed by atoms with E-state index in [4.69, 9.17) is 0 Å². The SMILES string of the molecule is [GeH2].[SiH2]c1ccccc1.[SiH3]. The van der Waals surface area contributed by atoms with E-state index in [0.717, 1.165) is 0 Å². The zero-order valence-corrected chi connectivity index (χ0v) is 12.2. The van der Waals surface area contributed by atoms with E-state index in [-0.39, 0.29) is 28.6 Å². The van der Waals surface area contributed by atoms with Crippen LogP contribution in [-0.2, 0) is 0 Å². The van der Waals surface area contributed by atoms with E-state index in [1.54, 1.807) is 0 Å². The van der Waals surface area contributed by atoms with Gasteiger partial charge in [-0.05, 0) is 11.0 Å². The predicted octanol–water partition coefficient (Wildman–Crippen LogP) is -2.16. The van der Waals surface area contributed by atoms with Crippen LogP contribution >= 0.6 is 0 Å². The van der Waals surface area contributed by atoms with Crippen molar-refractivity contribution in [3.63, 3.8) is 0 Å². The molecule has 0 fully saturated rings. The van der Waals surface area contributed by atoms with Crippen LogP contribution in [0.1, 0.15) is 0 Å². The molecule has 9 heavy (non-hydrogen) atoms. The molecule has 0 spiro atoms. The summed E-state index contributed by atoms with van der Waals surface area (Å²) in [5, 5.41) is 1.35.